The largest absolute Gasteiger partial charge is 0.356 e. The topological polar surface area (TPSA) is 72.1 Å². The van der Waals surface area contributed by atoms with Crippen molar-refractivity contribution in [2.75, 3.05) is 6.54 Å². The Kier molecular flexibility index (Phi) is 4.51. The Morgan fingerprint density at radius 2 is 2.12 bits per heavy atom. The molecule has 1 atom stereocenters. The molecule has 2 aromatic heterocycles. The van der Waals surface area contributed by atoms with Gasteiger partial charge in [0.2, 0.25) is 5.91 Å². The summed E-state index contributed by atoms with van der Waals surface area (Å²) in [6.07, 6.45) is 7.71. The standard InChI is InChI=1S/C20H26N4O2/c1-4-6-17-21-11-15(19-12(2)13(3)23-26-19)18(22-17)16-7-5-10-24(16)20(25)14-8-9-14/h11,14,16H,4-10H2,1-3H3. The lowest BCUT2D eigenvalue weighted by Crippen LogP contribution is -2.32. The van der Waals surface area contributed by atoms with Crippen LogP contribution in [-0.2, 0) is 11.2 Å². The molecule has 1 aliphatic heterocycles. The minimum absolute atomic E-state index is 0.0153. The van der Waals surface area contributed by atoms with E-state index in [4.69, 9.17) is 9.51 Å². The van der Waals surface area contributed by atoms with Crippen molar-refractivity contribution in [3.05, 3.63) is 29.0 Å². The summed E-state index contributed by atoms with van der Waals surface area (Å²) in [5.74, 6) is 2.09. The van der Waals surface area contributed by atoms with Gasteiger partial charge in [0.05, 0.1) is 23.0 Å². The molecule has 26 heavy (non-hydrogen) atoms. The van der Waals surface area contributed by atoms with E-state index in [1.54, 1.807) is 0 Å². The van der Waals surface area contributed by atoms with Crippen molar-refractivity contribution in [2.45, 2.75) is 65.3 Å². The van der Waals surface area contributed by atoms with Crippen LogP contribution in [-0.4, -0.2) is 32.5 Å². The first kappa shape index (κ1) is 17.2. The molecule has 138 valence electrons. The summed E-state index contributed by atoms with van der Waals surface area (Å²) in [5.41, 5.74) is 3.69. The number of nitrogens with zero attached hydrogens (tertiary/aromatic N) is 4. The third-order valence-corrected chi connectivity index (χ3v) is 5.52. The van der Waals surface area contributed by atoms with E-state index in [0.29, 0.717) is 5.91 Å². The van der Waals surface area contributed by atoms with Crippen molar-refractivity contribution in [2.24, 2.45) is 5.92 Å². The minimum atomic E-state index is 0.0153. The molecule has 0 radical (unpaired) electrons. The molecule has 1 aliphatic carbocycles. The van der Waals surface area contributed by atoms with E-state index in [1.807, 2.05) is 24.9 Å². The number of hydrogen-bond donors (Lipinski definition) is 0. The Hall–Kier alpha value is -2.24. The third-order valence-electron chi connectivity index (χ3n) is 5.52. The van der Waals surface area contributed by atoms with Crippen molar-refractivity contribution in [1.82, 2.24) is 20.0 Å². The first-order valence-corrected chi connectivity index (χ1v) is 9.69. The normalized spacial score (nSPS) is 20.0. The maximum absolute atomic E-state index is 12.8. The Bertz CT molecular complexity index is 825. The summed E-state index contributed by atoms with van der Waals surface area (Å²) in [4.78, 5) is 24.2. The molecule has 0 aromatic carbocycles. The molecule has 6 heteroatoms. The SMILES string of the molecule is CCCc1ncc(-c2onc(C)c2C)c(C2CCCN2C(=O)C2CC2)n1. The molecule has 1 saturated heterocycles. The van der Waals surface area contributed by atoms with Crippen molar-refractivity contribution < 1.29 is 9.32 Å². The summed E-state index contributed by atoms with van der Waals surface area (Å²) in [6.45, 7) is 6.89. The molecule has 4 rings (SSSR count). The van der Waals surface area contributed by atoms with Gasteiger partial charge in [0.1, 0.15) is 5.82 Å². The van der Waals surface area contributed by atoms with Crippen LogP contribution in [0.5, 0.6) is 0 Å². The van der Waals surface area contributed by atoms with Gasteiger partial charge in [-0.3, -0.25) is 4.79 Å². The maximum Gasteiger partial charge on any atom is 0.226 e. The van der Waals surface area contributed by atoms with Gasteiger partial charge in [-0.05, 0) is 46.0 Å². The predicted molar refractivity (Wildman–Crippen MR) is 97.4 cm³/mol. The molecule has 2 fully saturated rings. The van der Waals surface area contributed by atoms with Crippen LogP contribution >= 0.6 is 0 Å². The highest BCUT2D eigenvalue weighted by molar-refractivity contribution is 5.82. The van der Waals surface area contributed by atoms with Gasteiger partial charge in [-0.2, -0.15) is 0 Å². The number of carbonyl (C=O) groups excluding carboxylic acids is 1. The zero-order valence-electron chi connectivity index (χ0n) is 15.8. The second-order valence-corrected chi connectivity index (χ2v) is 7.52. The maximum atomic E-state index is 12.8. The summed E-state index contributed by atoms with van der Waals surface area (Å²) in [7, 11) is 0. The fourth-order valence-corrected chi connectivity index (χ4v) is 3.75. The zero-order chi connectivity index (χ0) is 18.3. The van der Waals surface area contributed by atoms with Gasteiger partial charge in [-0.15, -0.1) is 0 Å². The van der Waals surface area contributed by atoms with E-state index in [2.05, 4.69) is 17.1 Å². The number of likely N-dealkylation sites (tertiary alicyclic amines) is 1. The van der Waals surface area contributed by atoms with Crippen molar-refractivity contribution in [1.29, 1.82) is 0 Å². The molecule has 0 bridgehead atoms. The van der Waals surface area contributed by atoms with Crippen molar-refractivity contribution in [3.63, 3.8) is 0 Å². The van der Waals surface area contributed by atoms with E-state index in [0.717, 1.165) is 79.2 Å². The van der Waals surface area contributed by atoms with E-state index >= 15 is 0 Å². The van der Waals surface area contributed by atoms with Gasteiger partial charge < -0.3 is 9.42 Å². The molecular weight excluding hydrogens is 328 g/mol. The summed E-state index contributed by atoms with van der Waals surface area (Å²) in [6, 6.07) is 0.0153. The monoisotopic (exact) mass is 354 g/mol. The first-order chi connectivity index (χ1) is 12.6. The second kappa shape index (κ2) is 6.82. The number of rotatable bonds is 5. The lowest BCUT2D eigenvalue weighted by atomic mass is 10.0. The fourth-order valence-electron chi connectivity index (χ4n) is 3.75. The van der Waals surface area contributed by atoms with E-state index < -0.39 is 0 Å². The van der Waals surface area contributed by atoms with Crippen LogP contribution in [0.4, 0.5) is 0 Å². The van der Waals surface area contributed by atoms with Gasteiger partial charge in [0.25, 0.3) is 0 Å². The molecule has 0 N–H and O–H groups in total. The number of aryl methyl sites for hydroxylation is 2. The van der Waals surface area contributed by atoms with Crippen LogP contribution in [0, 0.1) is 19.8 Å². The fraction of sp³-hybridized carbons (Fsp3) is 0.600. The average Bonchev–Trinajstić information content (AvgIpc) is 3.29. The van der Waals surface area contributed by atoms with Gasteiger partial charge in [0, 0.05) is 30.6 Å². The molecule has 1 unspecified atom stereocenters. The molecular formula is C20H26N4O2. The Labute approximate surface area is 154 Å². The summed E-state index contributed by atoms with van der Waals surface area (Å²) < 4.78 is 5.60. The Balaban J connectivity index is 1.78. The van der Waals surface area contributed by atoms with Gasteiger partial charge in [-0.1, -0.05) is 12.1 Å². The first-order valence-electron chi connectivity index (χ1n) is 9.69. The smallest absolute Gasteiger partial charge is 0.226 e. The van der Waals surface area contributed by atoms with E-state index in [9.17, 15) is 4.79 Å². The van der Waals surface area contributed by atoms with Crippen LogP contribution in [0.2, 0.25) is 0 Å². The van der Waals surface area contributed by atoms with Gasteiger partial charge in [0.15, 0.2) is 5.76 Å². The van der Waals surface area contributed by atoms with E-state index in [-0.39, 0.29) is 12.0 Å². The highest BCUT2D eigenvalue weighted by Gasteiger charge is 2.40. The second-order valence-electron chi connectivity index (χ2n) is 7.52. The molecule has 3 heterocycles. The minimum Gasteiger partial charge on any atom is -0.356 e. The highest BCUT2D eigenvalue weighted by atomic mass is 16.5. The van der Waals surface area contributed by atoms with E-state index in [1.165, 1.54) is 0 Å². The Morgan fingerprint density at radius 1 is 1.31 bits per heavy atom. The van der Waals surface area contributed by atoms with Crippen molar-refractivity contribution >= 4 is 5.91 Å². The molecule has 1 amide bonds. The summed E-state index contributed by atoms with van der Waals surface area (Å²) >= 11 is 0. The number of aromatic nitrogens is 3. The van der Waals surface area contributed by atoms with Crippen LogP contribution in [0.1, 0.15) is 67.8 Å². The van der Waals surface area contributed by atoms with Gasteiger partial charge >= 0.3 is 0 Å². The highest BCUT2D eigenvalue weighted by Crippen LogP contribution is 2.41. The van der Waals surface area contributed by atoms with Crippen LogP contribution in [0.3, 0.4) is 0 Å². The number of carbonyl (C=O) groups is 1. The average molecular weight is 354 g/mol. The molecule has 6 nitrogen and oxygen atoms in total. The lowest BCUT2D eigenvalue weighted by Gasteiger charge is -2.26. The molecule has 0 spiro atoms. The number of amides is 1. The van der Waals surface area contributed by atoms with Crippen LogP contribution in [0.15, 0.2) is 10.7 Å². The van der Waals surface area contributed by atoms with Gasteiger partial charge in [-0.25, -0.2) is 9.97 Å². The van der Waals surface area contributed by atoms with Crippen LogP contribution < -0.4 is 0 Å². The van der Waals surface area contributed by atoms with Crippen LogP contribution in [0.25, 0.3) is 11.3 Å². The molecule has 1 saturated carbocycles. The number of hydrogen-bond acceptors (Lipinski definition) is 5. The Morgan fingerprint density at radius 3 is 2.77 bits per heavy atom. The third kappa shape index (κ3) is 3.02. The molecule has 2 aliphatic rings. The quantitative estimate of drug-likeness (QED) is 0.817. The lowest BCUT2D eigenvalue weighted by molar-refractivity contribution is -0.133. The van der Waals surface area contributed by atoms with Crippen molar-refractivity contribution in [3.8, 4) is 11.3 Å². The predicted octanol–water partition coefficient (Wildman–Crippen LogP) is 3.77. The summed E-state index contributed by atoms with van der Waals surface area (Å²) in [5, 5.41) is 4.10. The molecule has 2 aromatic rings. The zero-order valence-corrected chi connectivity index (χ0v) is 15.8.